The normalized spacial score (nSPS) is 14.2. The summed E-state index contributed by atoms with van der Waals surface area (Å²) in [6.07, 6.45) is 1.03. The number of fused-ring (bicyclic) bond motifs is 1. The van der Waals surface area contributed by atoms with Crippen LogP contribution in [0, 0.1) is 0 Å². The van der Waals surface area contributed by atoms with E-state index in [1.807, 2.05) is 6.07 Å². The molecule has 21 heavy (non-hydrogen) atoms. The van der Waals surface area contributed by atoms with Gasteiger partial charge in [-0.15, -0.1) is 0 Å². The second-order valence-electron chi connectivity index (χ2n) is 5.23. The quantitative estimate of drug-likeness (QED) is 0.925. The van der Waals surface area contributed by atoms with Crippen LogP contribution in [0.1, 0.15) is 18.9 Å². The van der Waals surface area contributed by atoms with Crippen LogP contribution in [0.2, 0.25) is 0 Å². The van der Waals surface area contributed by atoms with E-state index in [2.05, 4.69) is 59.6 Å². The summed E-state index contributed by atoms with van der Waals surface area (Å²) in [7, 11) is 0. The number of ether oxygens (including phenoxy) is 1. The summed E-state index contributed by atoms with van der Waals surface area (Å²) in [6.45, 7) is 5.78. The van der Waals surface area contributed by atoms with Crippen LogP contribution in [0.4, 0.5) is 11.4 Å². The van der Waals surface area contributed by atoms with Crippen LogP contribution >= 0.6 is 0 Å². The van der Waals surface area contributed by atoms with Crippen molar-refractivity contribution in [1.82, 2.24) is 5.32 Å². The minimum Gasteiger partial charge on any atom is -0.491 e. The Hall–Kier alpha value is -2.00. The maximum atomic E-state index is 5.86. The van der Waals surface area contributed by atoms with Gasteiger partial charge >= 0.3 is 0 Å². The summed E-state index contributed by atoms with van der Waals surface area (Å²) in [5.74, 6) is 0.980. The molecule has 110 valence electrons. The van der Waals surface area contributed by atoms with Gasteiger partial charge in [-0.05, 0) is 36.7 Å². The lowest BCUT2D eigenvalue weighted by Crippen LogP contribution is -2.21. The molecule has 0 saturated carbocycles. The van der Waals surface area contributed by atoms with Crippen LogP contribution in [0.15, 0.2) is 48.5 Å². The van der Waals surface area contributed by atoms with Crippen LogP contribution in [0.25, 0.3) is 0 Å². The Morgan fingerprint density at radius 3 is 2.67 bits per heavy atom. The van der Waals surface area contributed by atoms with Gasteiger partial charge in [0.15, 0.2) is 0 Å². The predicted octanol–water partition coefficient (Wildman–Crippen LogP) is 3.72. The van der Waals surface area contributed by atoms with E-state index >= 15 is 0 Å². The third-order valence-electron chi connectivity index (χ3n) is 3.79. The molecule has 3 heteroatoms. The highest BCUT2D eigenvalue weighted by Gasteiger charge is 2.19. The molecule has 0 bridgehead atoms. The Kier molecular flexibility index (Phi) is 4.41. The molecule has 2 aromatic carbocycles. The van der Waals surface area contributed by atoms with Crippen molar-refractivity contribution in [2.24, 2.45) is 0 Å². The molecular formula is C18H22N2O. The maximum Gasteiger partial charge on any atom is 0.142 e. The Bertz CT molecular complexity index is 597. The molecule has 1 aliphatic rings. The first-order valence-corrected chi connectivity index (χ1v) is 7.68. The molecule has 0 unspecified atom stereocenters. The number of nitrogens with one attached hydrogen (secondary N) is 1. The number of benzene rings is 2. The Morgan fingerprint density at radius 1 is 1.05 bits per heavy atom. The predicted molar refractivity (Wildman–Crippen MR) is 87.4 cm³/mol. The average molecular weight is 282 g/mol. The molecule has 3 rings (SSSR count). The second kappa shape index (κ2) is 6.64. The van der Waals surface area contributed by atoms with Gasteiger partial charge in [0.1, 0.15) is 5.75 Å². The third-order valence-corrected chi connectivity index (χ3v) is 3.79. The number of hydrogen-bond acceptors (Lipinski definition) is 3. The van der Waals surface area contributed by atoms with E-state index in [1.54, 1.807) is 0 Å². The van der Waals surface area contributed by atoms with Gasteiger partial charge in [-0.3, -0.25) is 0 Å². The van der Waals surface area contributed by atoms with Gasteiger partial charge in [0.05, 0.1) is 12.3 Å². The number of para-hydroxylation sites is 3. The molecule has 0 saturated heterocycles. The average Bonchev–Trinajstić information content (AvgIpc) is 2.75. The lowest BCUT2D eigenvalue weighted by molar-refractivity contribution is 0.322. The van der Waals surface area contributed by atoms with Gasteiger partial charge in [0, 0.05) is 18.8 Å². The molecule has 0 amide bonds. The zero-order valence-corrected chi connectivity index (χ0v) is 12.5. The summed E-state index contributed by atoms with van der Waals surface area (Å²) in [5.41, 5.74) is 3.77. The SMILES string of the molecule is CCNCc1ccccc1N1CCCOc2ccccc21. The smallest absolute Gasteiger partial charge is 0.142 e. The van der Waals surface area contributed by atoms with E-state index in [9.17, 15) is 0 Å². The zero-order chi connectivity index (χ0) is 14.5. The first-order chi connectivity index (χ1) is 10.4. The first-order valence-electron chi connectivity index (χ1n) is 7.68. The monoisotopic (exact) mass is 282 g/mol. The molecule has 0 aromatic heterocycles. The highest BCUT2D eigenvalue weighted by molar-refractivity contribution is 5.71. The van der Waals surface area contributed by atoms with Crippen molar-refractivity contribution in [3.8, 4) is 5.75 Å². The molecule has 0 radical (unpaired) electrons. The van der Waals surface area contributed by atoms with Crippen molar-refractivity contribution >= 4 is 11.4 Å². The number of nitrogens with zero attached hydrogens (tertiary/aromatic N) is 1. The molecular weight excluding hydrogens is 260 g/mol. The van der Waals surface area contributed by atoms with E-state index in [4.69, 9.17) is 4.74 Å². The molecule has 1 heterocycles. The van der Waals surface area contributed by atoms with Gasteiger partial charge in [-0.1, -0.05) is 37.3 Å². The second-order valence-corrected chi connectivity index (χ2v) is 5.23. The minimum atomic E-state index is 0.781. The fourth-order valence-electron chi connectivity index (χ4n) is 2.76. The van der Waals surface area contributed by atoms with Crippen molar-refractivity contribution in [1.29, 1.82) is 0 Å². The molecule has 3 nitrogen and oxygen atoms in total. The fourth-order valence-corrected chi connectivity index (χ4v) is 2.76. The summed E-state index contributed by atoms with van der Waals surface area (Å²) in [6, 6.07) is 16.9. The summed E-state index contributed by atoms with van der Waals surface area (Å²) in [5, 5.41) is 3.43. The summed E-state index contributed by atoms with van der Waals surface area (Å²) < 4.78 is 5.86. The Morgan fingerprint density at radius 2 is 1.81 bits per heavy atom. The van der Waals surface area contributed by atoms with E-state index in [0.29, 0.717) is 0 Å². The van der Waals surface area contributed by atoms with Crippen molar-refractivity contribution < 1.29 is 4.74 Å². The van der Waals surface area contributed by atoms with E-state index in [-0.39, 0.29) is 0 Å². The van der Waals surface area contributed by atoms with Gasteiger partial charge in [0.2, 0.25) is 0 Å². The fraction of sp³-hybridized carbons (Fsp3) is 0.333. The molecule has 0 fully saturated rings. The zero-order valence-electron chi connectivity index (χ0n) is 12.5. The Labute approximate surface area is 126 Å². The first kappa shape index (κ1) is 14.0. The maximum absolute atomic E-state index is 5.86. The molecule has 2 aromatic rings. The van der Waals surface area contributed by atoms with Gasteiger partial charge in [-0.2, -0.15) is 0 Å². The van der Waals surface area contributed by atoms with Crippen molar-refractivity contribution in [2.75, 3.05) is 24.6 Å². The van der Waals surface area contributed by atoms with E-state index in [1.165, 1.54) is 16.9 Å². The number of anilines is 2. The summed E-state index contributed by atoms with van der Waals surface area (Å²) >= 11 is 0. The van der Waals surface area contributed by atoms with Crippen molar-refractivity contribution in [2.45, 2.75) is 19.9 Å². The number of rotatable bonds is 4. The van der Waals surface area contributed by atoms with Gasteiger partial charge in [0.25, 0.3) is 0 Å². The van der Waals surface area contributed by atoms with Crippen LogP contribution in [-0.2, 0) is 6.54 Å². The molecule has 0 atom stereocenters. The van der Waals surface area contributed by atoms with Crippen LogP contribution < -0.4 is 15.0 Å². The lowest BCUT2D eigenvalue weighted by Gasteiger charge is -2.26. The third kappa shape index (κ3) is 3.03. The number of hydrogen-bond donors (Lipinski definition) is 1. The van der Waals surface area contributed by atoms with Gasteiger partial charge < -0.3 is 15.0 Å². The molecule has 1 aliphatic heterocycles. The minimum absolute atomic E-state index is 0.781. The van der Waals surface area contributed by atoms with Gasteiger partial charge in [-0.25, -0.2) is 0 Å². The van der Waals surface area contributed by atoms with Crippen molar-refractivity contribution in [3.63, 3.8) is 0 Å². The van der Waals surface area contributed by atoms with Crippen molar-refractivity contribution in [3.05, 3.63) is 54.1 Å². The lowest BCUT2D eigenvalue weighted by atomic mass is 10.1. The molecule has 0 spiro atoms. The van der Waals surface area contributed by atoms with Crippen LogP contribution in [0.5, 0.6) is 5.75 Å². The van der Waals surface area contributed by atoms with E-state index in [0.717, 1.165) is 38.4 Å². The summed E-state index contributed by atoms with van der Waals surface area (Å²) in [4.78, 5) is 2.38. The standard InChI is InChI=1S/C18H22N2O/c1-2-19-14-15-8-3-4-9-16(15)20-12-7-13-21-18-11-6-5-10-17(18)20/h3-6,8-11,19H,2,7,12-14H2,1H3. The Balaban J connectivity index is 2.00. The van der Waals surface area contributed by atoms with E-state index < -0.39 is 0 Å². The van der Waals surface area contributed by atoms with Crippen LogP contribution in [0.3, 0.4) is 0 Å². The van der Waals surface area contributed by atoms with Crippen LogP contribution in [-0.4, -0.2) is 19.7 Å². The largest absolute Gasteiger partial charge is 0.491 e. The molecule has 1 N–H and O–H groups in total. The highest BCUT2D eigenvalue weighted by Crippen LogP contribution is 2.37. The topological polar surface area (TPSA) is 24.5 Å². The highest BCUT2D eigenvalue weighted by atomic mass is 16.5. The molecule has 0 aliphatic carbocycles.